The Morgan fingerprint density at radius 3 is 2.47 bits per heavy atom. The number of rotatable bonds is 11. The standard InChI is InChI=1S/C26H35N3O3/c1-3-7-20-14-17(4-2)15-22(24(20)32-16-18-8-5-6-9-18)23(26(30)31)29-21-12-10-19(11-13-21)25(27)28/h10-15,18,23,29H,3-9,16H2,1-2H3,(H3,27,28)(H,30,31). The number of hydrogen-bond donors (Lipinski definition) is 4. The molecule has 32 heavy (non-hydrogen) atoms. The number of aryl methyl sites for hydroxylation is 2. The fourth-order valence-corrected chi connectivity index (χ4v) is 4.39. The molecular weight excluding hydrogens is 402 g/mol. The van der Waals surface area contributed by atoms with Gasteiger partial charge in [-0.2, -0.15) is 0 Å². The second kappa shape index (κ2) is 11.0. The number of anilines is 1. The van der Waals surface area contributed by atoms with E-state index in [9.17, 15) is 9.90 Å². The van der Waals surface area contributed by atoms with Crippen LogP contribution in [-0.4, -0.2) is 23.5 Å². The van der Waals surface area contributed by atoms with Gasteiger partial charge in [0, 0.05) is 16.8 Å². The Kier molecular flexibility index (Phi) is 8.14. The molecule has 0 spiro atoms. The molecular formula is C26H35N3O3. The first-order chi connectivity index (χ1) is 15.4. The summed E-state index contributed by atoms with van der Waals surface area (Å²) in [6.45, 7) is 4.84. The van der Waals surface area contributed by atoms with E-state index in [1.165, 1.54) is 25.7 Å². The summed E-state index contributed by atoms with van der Waals surface area (Å²) in [5.41, 5.74) is 9.66. The summed E-state index contributed by atoms with van der Waals surface area (Å²) in [5, 5.41) is 20.9. The monoisotopic (exact) mass is 437 g/mol. The van der Waals surface area contributed by atoms with E-state index in [2.05, 4.69) is 25.2 Å². The molecule has 1 fully saturated rings. The molecule has 2 aromatic carbocycles. The van der Waals surface area contributed by atoms with Crippen molar-refractivity contribution in [2.45, 2.75) is 64.8 Å². The maximum atomic E-state index is 12.4. The molecule has 0 amide bonds. The van der Waals surface area contributed by atoms with E-state index in [4.69, 9.17) is 15.9 Å². The van der Waals surface area contributed by atoms with Gasteiger partial charge in [-0.25, -0.2) is 4.79 Å². The van der Waals surface area contributed by atoms with Crippen molar-refractivity contribution in [3.8, 4) is 5.75 Å². The third kappa shape index (κ3) is 5.81. The number of carbonyl (C=O) groups is 1. The number of carboxylic acids is 1. The van der Waals surface area contributed by atoms with Crippen molar-refractivity contribution in [3.05, 3.63) is 58.7 Å². The van der Waals surface area contributed by atoms with Gasteiger partial charge in [-0.05, 0) is 73.1 Å². The quantitative estimate of drug-likeness (QED) is 0.282. The predicted octanol–water partition coefficient (Wildman–Crippen LogP) is 5.29. The Labute approximate surface area is 190 Å². The minimum absolute atomic E-state index is 0.0196. The highest BCUT2D eigenvalue weighted by Gasteiger charge is 2.27. The van der Waals surface area contributed by atoms with Crippen molar-refractivity contribution in [1.82, 2.24) is 0 Å². The lowest BCUT2D eigenvalue weighted by atomic mass is 9.95. The van der Waals surface area contributed by atoms with E-state index in [1.54, 1.807) is 24.3 Å². The van der Waals surface area contributed by atoms with Gasteiger partial charge in [0.25, 0.3) is 0 Å². The van der Waals surface area contributed by atoms with Gasteiger partial charge in [0.15, 0.2) is 6.04 Å². The highest BCUT2D eigenvalue weighted by molar-refractivity contribution is 5.95. The molecule has 1 saturated carbocycles. The maximum Gasteiger partial charge on any atom is 0.330 e. The molecule has 5 N–H and O–H groups in total. The van der Waals surface area contributed by atoms with E-state index in [-0.39, 0.29) is 5.84 Å². The lowest BCUT2D eigenvalue weighted by Crippen LogP contribution is -2.23. The Hall–Kier alpha value is -3.02. The minimum Gasteiger partial charge on any atom is -0.493 e. The smallest absolute Gasteiger partial charge is 0.330 e. The van der Waals surface area contributed by atoms with E-state index in [1.807, 2.05) is 6.07 Å². The van der Waals surface area contributed by atoms with E-state index < -0.39 is 12.0 Å². The number of benzene rings is 2. The van der Waals surface area contributed by atoms with Crippen LogP contribution in [-0.2, 0) is 17.6 Å². The van der Waals surface area contributed by atoms with Crippen LogP contribution in [0.1, 0.15) is 74.2 Å². The van der Waals surface area contributed by atoms with Gasteiger partial charge in [0.2, 0.25) is 0 Å². The molecule has 0 heterocycles. The zero-order chi connectivity index (χ0) is 23.1. The lowest BCUT2D eigenvalue weighted by Gasteiger charge is -2.24. The molecule has 6 heteroatoms. The Balaban J connectivity index is 1.97. The third-order valence-electron chi connectivity index (χ3n) is 6.18. The third-order valence-corrected chi connectivity index (χ3v) is 6.18. The van der Waals surface area contributed by atoms with Crippen LogP contribution in [0.5, 0.6) is 5.75 Å². The molecule has 2 aromatic rings. The number of aliphatic carboxylic acids is 1. The highest BCUT2D eigenvalue weighted by Crippen LogP contribution is 2.36. The summed E-state index contributed by atoms with van der Waals surface area (Å²) in [4.78, 5) is 12.4. The first-order valence-corrected chi connectivity index (χ1v) is 11.6. The van der Waals surface area contributed by atoms with Gasteiger partial charge in [0.1, 0.15) is 11.6 Å². The summed E-state index contributed by atoms with van der Waals surface area (Å²) in [7, 11) is 0. The average molecular weight is 438 g/mol. The molecule has 0 radical (unpaired) electrons. The van der Waals surface area contributed by atoms with Gasteiger partial charge >= 0.3 is 5.97 Å². The van der Waals surface area contributed by atoms with Crippen molar-refractivity contribution in [1.29, 1.82) is 5.41 Å². The fourth-order valence-electron chi connectivity index (χ4n) is 4.39. The molecule has 0 saturated heterocycles. The zero-order valence-corrected chi connectivity index (χ0v) is 19.1. The SMILES string of the molecule is CCCc1cc(CC)cc(C(Nc2ccc(C(=N)N)cc2)C(=O)O)c1OCC1CCCC1. The van der Waals surface area contributed by atoms with Crippen LogP contribution < -0.4 is 15.8 Å². The maximum absolute atomic E-state index is 12.4. The molecule has 1 unspecified atom stereocenters. The Morgan fingerprint density at radius 2 is 1.91 bits per heavy atom. The number of amidine groups is 1. The lowest BCUT2D eigenvalue weighted by molar-refractivity contribution is -0.138. The molecule has 0 bridgehead atoms. The van der Waals surface area contributed by atoms with E-state index >= 15 is 0 Å². The number of nitrogens with one attached hydrogen (secondary N) is 2. The fraction of sp³-hybridized carbons (Fsp3) is 0.462. The number of ether oxygens (including phenoxy) is 1. The molecule has 1 aliphatic carbocycles. The second-order valence-corrected chi connectivity index (χ2v) is 8.64. The van der Waals surface area contributed by atoms with Gasteiger partial charge in [-0.1, -0.05) is 39.2 Å². The molecule has 172 valence electrons. The van der Waals surface area contributed by atoms with Gasteiger partial charge in [-0.15, -0.1) is 0 Å². The van der Waals surface area contributed by atoms with E-state index in [0.717, 1.165) is 36.1 Å². The number of carboxylic acid groups (broad SMARTS) is 1. The van der Waals surface area contributed by atoms with Crippen molar-refractivity contribution in [3.63, 3.8) is 0 Å². The molecule has 6 nitrogen and oxygen atoms in total. The van der Waals surface area contributed by atoms with Crippen LogP contribution >= 0.6 is 0 Å². The topological polar surface area (TPSA) is 108 Å². The molecule has 3 rings (SSSR count). The van der Waals surface area contributed by atoms with Gasteiger partial charge in [0.05, 0.1) is 6.61 Å². The summed E-state index contributed by atoms with van der Waals surface area (Å²) >= 11 is 0. The largest absolute Gasteiger partial charge is 0.493 e. The minimum atomic E-state index is -0.956. The molecule has 0 aliphatic heterocycles. The van der Waals surface area contributed by atoms with Gasteiger partial charge in [-0.3, -0.25) is 5.41 Å². The van der Waals surface area contributed by atoms with Crippen LogP contribution in [0.25, 0.3) is 0 Å². The first kappa shape index (κ1) is 23.6. The molecule has 0 aromatic heterocycles. The number of nitrogen functional groups attached to an aromatic ring is 1. The first-order valence-electron chi connectivity index (χ1n) is 11.6. The predicted molar refractivity (Wildman–Crippen MR) is 129 cm³/mol. The van der Waals surface area contributed by atoms with Crippen LogP contribution in [0.15, 0.2) is 36.4 Å². The van der Waals surface area contributed by atoms with Crippen LogP contribution in [0, 0.1) is 11.3 Å². The number of nitrogens with two attached hydrogens (primary N) is 1. The summed E-state index contributed by atoms with van der Waals surface area (Å²) < 4.78 is 6.38. The zero-order valence-electron chi connectivity index (χ0n) is 19.1. The normalized spacial score (nSPS) is 14.8. The van der Waals surface area contributed by atoms with Crippen LogP contribution in [0.4, 0.5) is 5.69 Å². The van der Waals surface area contributed by atoms with Crippen LogP contribution in [0.3, 0.4) is 0 Å². The molecule has 1 atom stereocenters. The summed E-state index contributed by atoms with van der Waals surface area (Å²) in [6.07, 6.45) is 7.47. The average Bonchev–Trinajstić information content (AvgIpc) is 3.30. The summed E-state index contributed by atoms with van der Waals surface area (Å²) in [5.74, 6) is 0.283. The molecule has 1 aliphatic rings. The van der Waals surface area contributed by atoms with Gasteiger partial charge < -0.3 is 20.9 Å². The Morgan fingerprint density at radius 1 is 1.22 bits per heavy atom. The van der Waals surface area contributed by atoms with Crippen molar-refractivity contribution in [2.75, 3.05) is 11.9 Å². The van der Waals surface area contributed by atoms with Crippen LogP contribution in [0.2, 0.25) is 0 Å². The van der Waals surface area contributed by atoms with Crippen molar-refractivity contribution in [2.24, 2.45) is 11.7 Å². The highest BCUT2D eigenvalue weighted by atomic mass is 16.5. The Bertz CT molecular complexity index is 934. The summed E-state index contributed by atoms with van der Waals surface area (Å²) in [6, 6.07) is 10.1. The van der Waals surface area contributed by atoms with Crippen molar-refractivity contribution >= 4 is 17.5 Å². The number of hydrogen-bond acceptors (Lipinski definition) is 4. The van der Waals surface area contributed by atoms with E-state index in [0.29, 0.717) is 29.3 Å². The van der Waals surface area contributed by atoms with Crippen molar-refractivity contribution < 1.29 is 14.6 Å². The second-order valence-electron chi connectivity index (χ2n) is 8.64.